The van der Waals surface area contributed by atoms with Gasteiger partial charge in [0.05, 0.1) is 23.7 Å². The van der Waals surface area contributed by atoms with Gasteiger partial charge in [-0.1, -0.05) is 15.9 Å². The Morgan fingerprint density at radius 1 is 1.44 bits per heavy atom. The number of nitrogens with zero attached hydrogens (tertiary/aromatic N) is 2. The number of hydrogen-bond donors (Lipinski definition) is 1. The van der Waals surface area contributed by atoms with Gasteiger partial charge in [0, 0.05) is 29.1 Å². The van der Waals surface area contributed by atoms with Crippen LogP contribution in [0.5, 0.6) is 0 Å². The second-order valence-corrected chi connectivity index (χ2v) is 7.11. The zero-order chi connectivity index (χ0) is 18.1. The predicted octanol–water partition coefficient (Wildman–Crippen LogP) is 2.79. The number of halogens is 1. The van der Waals surface area contributed by atoms with Crippen molar-refractivity contribution in [3.63, 3.8) is 0 Å². The Hall–Kier alpha value is -2.15. The number of benzene rings is 1. The maximum absolute atomic E-state index is 12.5. The number of esters is 1. The van der Waals surface area contributed by atoms with Crippen molar-refractivity contribution in [1.82, 2.24) is 4.98 Å². The molecular weight excluding hydrogens is 386 g/mol. The average molecular weight is 406 g/mol. The van der Waals surface area contributed by atoms with Crippen LogP contribution in [0.4, 0.5) is 5.69 Å². The highest BCUT2D eigenvalue weighted by Gasteiger charge is 2.31. The summed E-state index contributed by atoms with van der Waals surface area (Å²) in [5.74, 6) is -0.936. The normalized spacial score (nSPS) is 17.1. The van der Waals surface area contributed by atoms with Crippen LogP contribution in [0.1, 0.15) is 29.3 Å². The Kier molecular flexibility index (Phi) is 4.94. The average Bonchev–Trinajstić information content (AvgIpc) is 3.03. The van der Waals surface area contributed by atoms with E-state index in [4.69, 9.17) is 10.5 Å². The molecule has 1 aromatic heterocycles. The van der Waals surface area contributed by atoms with Crippen molar-refractivity contribution in [2.45, 2.75) is 20.3 Å². The van der Waals surface area contributed by atoms with Crippen molar-refractivity contribution in [2.24, 2.45) is 11.7 Å². The van der Waals surface area contributed by atoms with E-state index in [1.165, 1.54) is 0 Å². The standard InChI is InChI=1S/C18H20BrN3O3/c1-3-25-18(24)14-8-21-15-10(2)6-12(19)7-13(15)16(14)22-5-4-11(9-22)17(20)23/h6-8,11H,3-5,9H2,1-2H3,(H2,20,23)/t11-/m1/s1. The SMILES string of the molecule is CCOC(=O)c1cnc2c(C)cc(Br)cc2c1N1CC[C@@H](C(N)=O)C1. The lowest BCUT2D eigenvalue weighted by Gasteiger charge is -2.23. The fraction of sp³-hybridized carbons (Fsp3) is 0.389. The third kappa shape index (κ3) is 3.33. The van der Waals surface area contributed by atoms with E-state index < -0.39 is 5.97 Å². The molecule has 0 unspecified atom stereocenters. The number of primary amides is 1. The lowest BCUT2D eigenvalue weighted by atomic mass is 10.0. The van der Waals surface area contributed by atoms with Crippen molar-refractivity contribution in [3.05, 3.63) is 33.9 Å². The van der Waals surface area contributed by atoms with E-state index in [1.54, 1.807) is 13.1 Å². The van der Waals surface area contributed by atoms with Crippen LogP contribution in [0, 0.1) is 12.8 Å². The third-order valence-corrected chi connectivity index (χ3v) is 4.96. The monoisotopic (exact) mass is 405 g/mol. The van der Waals surface area contributed by atoms with Crippen LogP contribution < -0.4 is 10.6 Å². The molecule has 25 heavy (non-hydrogen) atoms. The first-order valence-electron chi connectivity index (χ1n) is 8.22. The molecule has 1 atom stereocenters. The molecule has 132 valence electrons. The molecule has 1 saturated heterocycles. The summed E-state index contributed by atoms with van der Waals surface area (Å²) in [5, 5.41) is 0.863. The molecule has 1 aliphatic heterocycles. The smallest absolute Gasteiger partial charge is 0.341 e. The first-order chi connectivity index (χ1) is 11.9. The summed E-state index contributed by atoms with van der Waals surface area (Å²) in [6.07, 6.45) is 2.24. The van der Waals surface area contributed by atoms with Crippen LogP contribution in [-0.4, -0.2) is 36.6 Å². The molecule has 7 heteroatoms. The largest absolute Gasteiger partial charge is 0.462 e. The van der Waals surface area contributed by atoms with E-state index >= 15 is 0 Å². The summed E-state index contributed by atoms with van der Waals surface area (Å²) in [4.78, 5) is 30.5. The summed E-state index contributed by atoms with van der Waals surface area (Å²) in [5.41, 5.74) is 8.48. The highest BCUT2D eigenvalue weighted by atomic mass is 79.9. The minimum Gasteiger partial charge on any atom is -0.462 e. The first-order valence-corrected chi connectivity index (χ1v) is 9.02. The summed E-state index contributed by atoms with van der Waals surface area (Å²) < 4.78 is 6.11. The number of amides is 1. The first kappa shape index (κ1) is 17.7. The van der Waals surface area contributed by atoms with Crippen molar-refractivity contribution in [1.29, 1.82) is 0 Å². The second-order valence-electron chi connectivity index (χ2n) is 6.19. The number of aromatic nitrogens is 1. The van der Waals surface area contributed by atoms with Gasteiger partial charge < -0.3 is 15.4 Å². The maximum atomic E-state index is 12.5. The molecule has 0 spiro atoms. The van der Waals surface area contributed by atoms with E-state index in [0.717, 1.165) is 26.6 Å². The zero-order valence-electron chi connectivity index (χ0n) is 14.2. The molecule has 1 amide bonds. The van der Waals surface area contributed by atoms with E-state index in [0.29, 0.717) is 25.1 Å². The van der Waals surface area contributed by atoms with Crippen molar-refractivity contribution >= 4 is 44.4 Å². The molecule has 6 nitrogen and oxygen atoms in total. The quantitative estimate of drug-likeness (QED) is 0.790. The van der Waals surface area contributed by atoms with Gasteiger partial charge in [-0.2, -0.15) is 0 Å². The lowest BCUT2D eigenvalue weighted by molar-refractivity contribution is -0.121. The number of anilines is 1. The predicted molar refractivity (Wildman–Crippen MR) is 99.7 cm³/mol. The van der Waals surface area contributed by atoms with Crippen molar-refractivity contribution < 1.29 is 14.3 Å². The van der Waals surface area contributed by atoms with Gasteiger partial charge >= 0.3 is 5.97 Å². The summed E-state index contributed by atoms with van der Waals surface area (Å²) in [6.45, 7) is 5.19. The third-order valence-electron chi connectivity index (χ3n) is 4.50. The Labute approximate surface area is 154 Å². The Morgan fingerprint density at radius 2 is 2.20 bits per heavy atom. The number of fused-ring (bicyclic) bond motifs is 1. The fourth-order valence-electron chi connectivity index (χ4n) is 3.32. The van der Waals surface area contributed by atoms with Crippen LogP contribution in [0.15, 0.2) is 22.8 Å². The van der Waals surface area contributed by atoms with Crippen LogP contribution >= 0.6 is 15.9 Å². The van der Waals surface area contributed by atoms with Gasteiger partial charge in [-0.05, 0) is 38.0 Å². The second kappa shape index (κ2) is 7.00. The van der Waals surface area contributed by atoms with Gasteiger partial charge in [-0.3, -0.25) is 9.78 Å². The summed E-state index contributed by atoms with van der Waals surface area (Å²) in [6, 6.07) is 3.93. The van der Waals surface area contributed by atoms with Crippen molar-refractivity contribution in [3.8, 4) is 0 Å². The number of ether oxygens (including phenoxy) is 1. The molecule has 1 fully saturated rings. The van der Waals surface area contributed by atoms with E-state index in [1.807, 2.05) is 24.0 Å². The molecule has 1 aromatic carbocycles. The number of carbonyl (C=O) groups excluding carboxylic acids is 2. The van der Waals surface area contributed by atoms with Crippen LogP contribution in [0.3, 0.4) is 0 Å². The van der Waals surface area contributed by atoms with Gasteiger partial charge in [0.2, 0.25) is 5.91 Å². The Bertz CT molecular complexity index is 853. The highest BCUT2D eigenvalue weighted by Crippen LogP contribution is 2.36. The number of rotatable bonds is 4. The molecule has 3 rings (SSSR count). The summed E-state index contributed by atoms with van der Waals surface area (Å²) in [7, 11) is 0. The van der Waals surface area contributed by atoms with Crippen LogP contribution in [0.25, 0.3) is 10.9 Å². The number of hydrogen-bond acceptors (Lipinski definition) is 5. The van der Waals surface area contributed by atoms with Gasteiger partial charge in [-0.25, -0.2) is 4.79 Å². The van der Waals surface area contributed by atoms with Crippen LogP contribution in [0.2, 0.25) is 0 Å². The van der Waals surface area contributed by atoms with Gasteiger partial charge in [-0.15, -0.1) is 0 Å². The molecule has 0 aliphatic carbocycles. The maximum Gasteiger partial charge on any atom is 0.341 e. The minimum atomic E-state index is -0.410. The Morgan fingerprint density at radius 3 is 2.84 bits per heavy atom. The molecule has 0 saturated carbocycles. The lowest BCUT2D eigenvalue weighted by Crippen LogP contribution is -2.28. The highest BCUT2D eigenvalue weighted by molar-refractivity contribution is 9.10. The van der Waals surface area contributed by atoms with Crippen LogP contribution in [-0.2, 0) is 9.53 Å². The number of pyridine rings is 1. The molecule has 1 aliphatic rings. The van der Waals surface area contributed by atoms with E-state index in [2.05, 4.69) is 20.9 Å². The molecule has 0 bridgehead atoms. The van der Waals surface area contributed by atoms with E-state index in [9.17, 15) is 9.59 Å². The molecule has 2 aromatic rings. The summed E-state index contributed by atoms with van der Waals surface area (Å²) >= 11 is 3.52. The molecule has 2 heterocycles. The fourth-order valence-corrected chi connectivity index (χ4v) is 3.89. The van der Waals surface area contributed by atoms with Gasteiger partial charge in [0.25, 0.3) is 0 Å². The molecular formula is C18H20BrN3O3. The minimum absolute atomic E-state index is 0.216. The van der Waals surface area contributed by atoms with Gasteiger partial charge in [0.1, 0.15) is 5.56 Å². The number of nitrogens with two attached hydrogens (primary N) is 1. The molecule has 2 N–H and O–H groups in total. The van der Waals surface area contributed by atoms with Gasteiger partial charge in [0.15, 0.2) is 0 Å². The van der Waals surface area contributed by atoms with Crippen molar-refractivity contribution in [2.75, 3.05) is 24.6 Å². The number of aryl methyl sites for hydroxylation is 1. The van der Waals surface area contributed by atoms with E-state index in [-0.39, 0.29) is 18.4 Å². The topological polar surface area (TPSA) is 85.5 Å². The zero-order valence-corrected chi connectivity index (χ0v) is 15.8. The Balaban J connectivity index is 2.19. The molecule has 0 radical (unpaired) electrons. The number of carbonyl (C=O) groups is 2.